The molecule has 0 spiro atoms. The van der Waals surface area contributed by atoms with Crippen LogP contribution in [0.3, 0.4) is 0 Å². The van der Waals surface area contributed by atoms with Gasteiger partial charge in [0.05, 0.1) is 12.9 Å². The number of imidazole rings is 1. The zero-order valence-corrected chi connectivity index (χ0v) is 9.66. The minimum absolute atomic E-state index is 0.107. The predicted molar refractivity (Wildman–Crippen MR) is 60.5 cm³/mol. The smallest absolute Gasteiger partial charge is 0.190 e. The molecule has 1 saturated heterocycles. The third-order valence-corrected chi connectivity index (χ3v) is 3.09. The summed E-state index contributed by atoms with van der Waals surface area (Å²) in [6.07, 6.45) is -2.85. The first-order valence-corrected chi connectivity index (χ1v) is 5.57. The van der Waals surface area contributed by atoms with Crippen molar-refractivity contribution in [2.45, 2.75) is 24.5 Å². The van der Waals surface area contributed by atoms with Crippen LogP contribution in [0, 0.1) is 0 Å². The molecule has 1 fully saturated rings. The first-order valence-electron chi connectivity index (χ1n) is 5.57. The summed E-state index contributed by atoms with van der Waals surface area (Å²) in [5, 5.41) is 39.5. The van der Waals surface area contributed by atoms with Crippen LogP contribution in [0.4, 0.5) is 5.82 Å². The Kier molecular flexibility index (Phi) is 2.78. The molecule has 102 valence electrons. The van der Waals surface area contributed by atoms with E-state index in [0.29, 0.717) is 5.52 Å². The molecule has 0 radical (unpaired) electrons. The first kappa shape index (κ1) is 12.2. The summed E-state index contributed by atoms with van der Waals surface area (Å²) in [6.45, 7) is -0.406. The molecule has 0 amide bonds. The summed E-state index contributed by atoms with van der Waals surface area (Å²) < 4.78 is 6.76. The van der Waals surface area contributed by atoms with Crippen LogP contribution < -0.4 is 5.73 Å². The highest BCUT2D eigenvalue weighted by Gasteiger charge is 2.44. The summed E-state index contributed by atoms with van der Waals surface area (Å²) >= 11 is 0. The van der Waals surface area contributed by atoms with Gasteiger partial charge in [0.15, 0.2) is 23.2 Å². The summed E-state index contributed by atoms with van der Waals surface area (Å²) in [7, 11) is 0. The average molecular weight is 268 g/mol. The third-order valence-electron chi connectivity index (χ3n) is 3.09. The Labute approximate surface area is 106 Å². The third kappa shape index (κ3) is 1.73. The maximum Gasteiger partial charge on any atom is 0.190 e. The standard InChI is InChI=1S/C9H12N6O4/c10-7-4-8(13-14-12-7)15(2-11-4)9-6(18)5(17)3(1-16)19-9/h2-3,5-6,9,16-18H,1H2,(H2,10,12,13)/t3-,5+,6-,9-/m0/s1. The molecule has 2 aromatic heterocycles. The van der Waals surface area contributed by atoms with Gasteiger partial charge in [0, 0.05) is 0 Å². The molecule has 0 unspecified atom stereocenters. The zero-order valence-electron chi connectivity index (χ0n) is 9.66. The Balaban J connectivity index is 2.04. The lowest BCUT2D eigenvalue weighted by Crippen LogP contribution is -2.33. The van der Waals surface area contributed by atoms with Crippen molar-refractivity contribution >= 4 is 17.0 Å². The van der Waals surface area contributed by atoms with Gasteiger partial charge >= 0.3 is 0 Å². The normalized spacial score (nSPS) is 31.1. The Hall–Kier alpha value is -1.88. The Morgan fingerprint density at radius 3 is 2.79 bits per heavy atom. The van der Waals surface area contributed by atoms with Crippen LogP contribution in [-0.2, 0) is 4.74 Å². The molecule has 3 heterocycles. The summed E-state index contributed by atoms with van der Waals surface area (Å²) in [4.78, 5) is 4.01. The van der Waals surface area contributed by atoms with Crippen LogP contribution in [0.15, 0.2) is 6.33 Å². The van der Waals surface area contributed by atoms with E-state index in [9.17, 15) is 10.2 Å². The van der Waals surface area contributed by atoms with E-state index < -0.39 is 31.1 Å². The van der Waals surface area contributed by atoms with E-state index in [0.717, 1.165) is 0 Å². The van der Waals surface area contributed by atoms with Gasteiger partial charge in [-0.2, -0.15) is 0 Å². The molecule has 0 bridgehead atoms. The molecule has 0 aliphatic carbocycles. The van der Waals surface area contributed by atoms with E-state index in [1.807, 2.05) is 0 Å². The minimum atomic E-state index is -1.22. The number of nitrogens with zero attached hydrogens (tertiary/aromatic N) is 5. The number of hydrogen-bond donors (Lipinski definition) is 4. The zero-order chi connectivity index (χ0) is 13.6. The van der Waals surface area contributed by atoms with Gasteiger partial charge in [-0.15, -0.1) is 10.2 Å². The second-order valence-electron chi connectivity index (χ2n) is 4.23. The number of nitrogens with two attached hydrogens (primary N) is 1. The number of ether oxygens (including phenoxy) is 1. The van der Waals surface area contributed by atoms with Gasteiger partial charge in [0.2, 0.25) is 0 Å². The van der Waals surface area contributed by atoms with Crippen molar-refractivity contribution in [3.8, 4) is 0 Å². The van der Waals surface area contributed by atoms with E-state index in [2.05, 4.69) is 20.4 Å². The van der Waals surface area contributed by atoms with Gasteiger partial charge in [0.25, 0.3) is 0 Å². The maximum absolute atomic E-state index is 9.93. The molecule has 5 N–H and O–H groups in total. The van der Waals surface area contributed by atoms with Gasteiger partial charge in [-0.3, -0.25) is 4.57 Å². The van der Waals surface area contributed by atoms with Crippen LogP contribution >= 0.6 is 0 Å². The van der Waals surface area contributed by atoms with Crippen LogP contribution in [-0.4, -0.2) is 65.2 Å². The van der Waals surface area contributed by atoms with Crippen molar-refractivity contribution in [1.29, 1.82) is 0 Å². The molecule has 10 heteroatoms. The number of anilines is 1. The van der Waals surface area contributed by atoms with Crippen LogP contribution in [0.1, 0.15) is 6.23 Å². The van der Waals surface area contributed by atoms with E-state index >= 15 is 0 Å². The highest BCUT2D eigenvalue weighted by Crippen LogP contribution is 2.31. The number of aliphatic hydroxyl groups excluding tert-OH is 3. The maximum atomic E-state index is 9.93. The van der Waals surface area contributed by atoms with Crippen LogP contribution in [0.5, 0.6) is 0 Å². The lowest BCUT2D eigenvalue weighted by atomic mass is 10.1. The predicted octanol–water partition coefficient (Wildman–Crippen LogP) is -2.58. The Morgan fingerprint density at radius 2 is 2.11 bits per heavy atom. The van der Waals surface area contributed by atoms with Crippen molar-refractivity contribution < 1.29 is 20.1 Å². The molecule has 2 aromatic rings. The molecule has 10 nitrogen and oxygen atoms in total. The van der Waals surface area contributed by atoms with Crippen molar-refractivity contribution in [3.05, 3.63) is 6.33 Å². The van der Waals surface area contributed by atoms with Gasteiger partial charge < -0.3 is 25.8 Å². The molecule has 3 rings (SSSR count). The van der Waals surface area contributed by atoms with E-state index in [-0.39, 0.29) is 11.5 Å². The molecule has 0 saturated carbocycles. The van der Waals surface area contributed by atoms with Crippen molar-refractivity contribution in [1.82, 2.24) is 25.0 Å². The summed E-state index contributed by atoms with van der Waals surface area (Å²) in [5.41, 5.74) is 6.21. The van der Waals surface area contributed by atoms with Crippen LogP contribution in [0.25, 0.3) is 11.2 Å². The fourth-order valence-electron chi connectivity index (χ4n) is 2.09. The lowest BCUT2D eigenvalue weighted by molar-refractivity contribution is -0.0511. The summed E-state index contributed by atoms with van der Waals surface area (Å²) in [6, 6.07) is 0. The van der Waals surface area contributed by atoms with Gasteiger partial charge in [0.1, 0.15) is 18.3 Å². The number of aliphatic hydroxyl groups is 3. The Bertz CT molecular complexity index is 603. The summed E-state index contributed by atoms with van der Waals surface area (Å²) in [5.74, 6) is 0.107. The number of nitrogen functional groups attached to an aromatic ring is 1. The minimum Gasteiger partial charge on any atom is -0.394 e. The molecular weight excluding hydrogens is 256 g/mol. The number of rotatable bonds is 2. The molecule has 1 aliphatic heterocycles. The second-order valence-corrected chi connectivity index (χ2v) is 4.23. The molecular formula is C9H12N6O4. The highest BCUT2D eigenvalue weighted by molar-refractivity contribution is 5.80. The van der Waals surface area contributed by atoms with E-state index in [4.69, 9.17) is 15.6 Å². The highest BCUT2D eigenvalue weighted by atomic mass is 16.6. The topological polar surface area (TPSA) is 152 Å². The molecule has 0 aromatic carbocycles. The SMILES string of the molecule is Nc1nnnc2c1ncn2[C@H]1O[C@@H](CO)[C@@H](O)[C@@H]1O. The fraction of sp³-hybridized carbons (Fsp3) is 0.556. The Morgan fingerprint density at radius 1 is 1.32 bits per heavy atom. The van der Waals surface area contributed by atoms with Gasteiger partial charge in [-0.25, -0.2) is 4.98 Å². The second kappa shape index (κ2) is 4.35. The van der Waals surface area contributed by atoms with Crippen LogP contribution in [0.2, 0.25) is 0 Å². The first-order chi connectivity index (χ1) is 9.13. The molecule has 1 aliphatic rings. The number of fused-ring (bicyclic) bond motifs is 1. The largest absolute Gasteiger partial charge is 0.394 e. The number of hydrogen-bond acceptors (Lipinski definition) is 9. The van der Waals surface area contributed by atoms with Crippen molar-refractivity contribution in [3.63, 3.8) is 0 Å². The quantitative estimate of drug-likeness (QED) is 0.459. The molecule has 19 heavy (non-hydrogen) atoms. The monoisotopic (exact) mass is 268 g/mol. The van der Waals surface area contributed by atoms with Gasteiger partial charge in [-0.1, -0.05) is 0 Å². The lowest BCUT2D eigenvalue weighted by Gasteiger charge is -2.15. The molecule has 4 atom stereocenters. The van der Waals surface area contributed by atoms with Gasteiger partial charge in [-0.05, 0) is 5.21 Å². The van der Waals surface area contributed by atoms with E-state index in [1.54, 1.807) is 0 Å². The number of aromatic nitrogens is 5. The van der Waals surface area contributed by atoms with Crippen molar-refractivity contribution in [2.75, 3.05) is 12.3 Å². The van der Waals surface area contributed by atoms with E-state index in [1.165, 1.54) is 10.9 Å². The average Bonchev–Trinajstić information content (AvgIpc) is 2.94. The van der Waals surface area contributed by atoms with Crippen molar-refractivity contribution in [2.24, 2.45) is 0 Å². The fourth-order valence-corrected chi connectivity index (χ4v) is 2.09.